The zero-order valence-corrected chi connectivity index (χ0v) is 21.9. The zero-order valence-electron chi connectivity index (χ0n) is 19.5. The van der Waals surface area contributed by atoms with Crippen molar-refractivity contribution >= 4 is 56.4 Å². The van der Waals surface area contributed by atoms with Gasteiger partial charge in [0.05, 0.1) is 26.6 Å². The van der Waals surface area contributed by atoms with E-state index in [1.165, 1.54) is 18.4 Å². The number of carbonyl (C=O) groups excluding carboxylic acids is 1. The lowest BCUT2D eigenvalue weighted by Gasteiger charge is -2.33. The fourth-order valence-electron chi connectivity index (χ4n) is 4.50. The van der Waals surface area contributed by atoms with Gasteiger partial charge in [0.1, 0.15) is 11.3 Å². The number of hydrogen-bond donors (Lipinski definition) is 1. The molecule has 2 atom stereocenters. The molecule has 1 aromatic heterocycles. The molecule has 2 aliphatic heterocycles. The van der Waals surface area contributed by atoms with Gasteiger partial charge in [-0.1, -0.05) is 30.7 Å². The van der Waals surface area contributed by atoms with Gasteiger partial charge in [-0.15, -0.1) is 11.3 Å². The highest BCUT2D eigenvalue weighted by Gasteiger charge is 2.43. The quantitative estimate of drug-likeness (QED) is 0.640. The van der Waals surface area contributed by atoms with Gasteiger partial charge in [-0.25, -0.2) is 22.7 Å². The van der Waals surface area contributed by atoms with Crippen molar-refractivity contribution in [2.45, 2.75) is 44.7 Å². The standard InChI is InChI=1S/C24H25ClN4O4S2/c1-4-15-10-19(14-6-5-13-7-8-18(30)16(13)9-14)33-22(27-15)20-11-17(25)21(34-20)24(2)12-35(31,32)29(3)23(26)28-24/h5-6,9-11,15H,4,7-8,12H2,1-3H3,(H2,26,28). The summed E-state index contributed by atoms with van der Waals surface area (Å²) in [6.07, 6.45) is 4.02. The summed E-state index contributed by atoms with van der Waals surface area (Å²) in [6.45, 7) is 3.74. The Hall–Kier alpha value is -2.69. The molecule has 3 heterocycles. The highest BCUT2D eigenvalue weighted by atomic mass is 35.5. The van der Waals surface area contributed by atoms with Crippen LogP contribution in [0.25, 0.3) is 5.76 Å². The number of guanidine groups is 1. The molecule has 5 rings (SSSR count). The first-order valence-corrected chi connectivity index (χ1v) is 14.1. The first-order valence-electron chi connectivity index (χ1n) is 11.3. The molecule has 0 saturated carbocycles. The van der Waals surface area contributed by atoms with Gasteiger partial charge in [0.25, 0.3) is 0 Å². The molecule has 0 fully saturated rings. The summed E-state index contributed by atoms with van der Waals surface area (Å²) in [5.41, 5.74) is 7.41. The van der Waals surface area contributed by atoms with Crippen LogP contribution in [-0.4, -0.2) is 49.2 Å². The van der Waals surface area contributed by atoms with Gasteiger partial charge in [-0.05, 0) is 43.5 Å². The van der Waals surface area contributed by atoms with Gasteiger partial charge in [0, 0.05) is 24.6 Å². The molecular weight excluding hydrogens is 508 g/mol. The topological polar surface area (TPSA) is 114 Å². The third kappa shape index (κ3) is 4.17. The SMILES string of the molecule is CCC1C=C(c2ccc3c(c2)C(=O)CC3)OC(c2cc(Cl)c(C3(C)CS(=O)(=O)N(C)C(N)=N3)s2)=N1. The molecule has 2 N–H and O–H groups in total. The fourth-order valence-corrected chi connectivity index (χ4v) is 7.60. The van der Waals surface area contributed by atoms with Crippen molar-refractivity contribution in [1.82, 2.24) is 4.31 Å². The number of sulfonamides is 1. The number of fused-ring (bicyclic) bond motifs is 1. The summed E-state index contributed by atoms with van der Waals surface area (Å²) in [4.78, 5) is 22.7. The van der Waals surface area contributed by atoms with E-state index in [4.69, 9.17) is 27.1 Å². The number of carbonyl (C=O) groups is 1. The van der Waals surface area contributed by atoms with Crippen LogP contribution in [0.4, 0.5) is 0 Å². The van der Waals surface area contributed by atoms with Crippen molar-refractivity contribution in [2.75, 3.05) is 12.8 Å². The van der Waals surface area contributed by atoms with Gasteiger partial charge >= 0.3 is 0 Å². The summed E-state index contributed by atoms with van der Waals surface area (Å²) in [7, 11) is -2.26. The van der Waals surface area contributed by atoms with Crippen LogP contribution < -0.4 is 5.73 Å². The maximum absolute atomic E-state index is 12.6. The van der Waals surface area contributed by atoms with Gasteiger partial charge in [-0.2, -0.15) is 0 Å². The number of Topliss-reactive ketones (excluding diaryl/α,β-unsaturated/α-hetero) is 1. The molecule has 0 saturated heterocycles. The molecule has 0 radical (unpaired) electrons. The number of aryl methyl sites for hydroxylation is 1. The molecule has 1 aromatic carbocycles. The summed E-state index contributed by atoms with van der Waals surface area (Å²) >= 11 is 7.89. The molecule has 184 valence electrons. The second-order valence-electron chi connectivity index (χ2n) is 9.09. The second kappa shape index (κ2) is 8.46. The van der Waals surface area contributed by atoms with Gasteiger partial charge < -0.3 is 10.5 Å². The predicted molar refractivity (Wildman–Crippen MR) is 139 cm³/mol. The Labute approximate surface area is 213 Å². The van der Waals surface area contributed by atoms with Gasteiger partial charge in [-0.3, -0.25) is 4.79 Å². The molecule has 2 unspecified atom stereocenters. The minimum absolute atomic E-state index is 0.0848. The largest absolute Gasteiger partial charge is 0.438 e. The molecule has 0 spiro atoms. The van der Waals surface area contributed by atoms with E-state index < -0.39 is 15.6 Å². The van der Waals surface area contributed by atoms with Crippen LogP contribution in [0.1, 0.15) is 57.9 Å². The summed E-state index contributed by atoms with van der Waals surface area (Å²) in [5, 5.41) is 0.377. The normalized spacial score (nSPS) is 25.5. The lowest BCUT2D eigenvalue weighted by atomic mass is 10.0. The Bertz CT molecular complexity index is 1440. The summed E-state index contributed by atoms with van der Waals surface area (Å²) in [6, 6.07) is 7.45. The van der Waals surface area contributed by atoms with Crippen LogP contribution in [0, 0.1) is 0 Å². The van der Waals surface area contributed by atoms with Gasteiger partial charge in [0.2, 0.25) is 21.9 Å². The minimum atomic E-state index is -3.64. The van der Waals surface area contributed by atoms with E-state index in [9.17, 15) is 13.2 Å². The van der Waals surface area contributed by atoms with Crippen molar-refractivity contribution in [3.63, 3.8) is 0 Å². The van der Waals surface area contributed by atoms with Crippen molar-refractivity contribution in [3.05, 3.63) is 61.8 Å². The number of thiophene rings is 1. The molecule has 8 nitrogen and oxygen atoms in total. The Morgan fingerprint density at radius 1 is 1.31 bits per heavy atom. The first kappa shape index (κ1) is 24.0. The monoisotopic (exact) mass is 532 g/mol. The number of nitrogens with zero attached hydrogens (tertiary/aromatic N) is 3. The van der Waals surface area contributed by atoms with E-state index in [1.807, 2.05) is 31.2 Å². The smallest absolute Gasteiger partial charge is 0.239 e. The average Bonchev–Trinajstić information content (AvgIpc) is 3.39. The molecule has 1 aliphatic carbocycles. The second-order valence-corrected chi connectivity index (χ2v) is 12.6. The van der Waals surface area contributed by atoms with Crippen LogP contribution in [0.2, 0.25) is 5.02 Å². The Morgan fingerprint density at radius 2 is 2.09 bits per heavy atom. The molecule has 3 aliphatic rings. The van der Waals surface area contributed by atoms with E-state index >= 15 is 0 Å². The number of nitrogens with two attached hydrogens (primary N) is 1. The van der Waals surface area contributed by atoms with E-state index in [-0.39, 0.29) is 23.5 Å². The van der Waals surface area contributed by atoms with E-state index in [0.29, 0.717) is 32.9 Å². The fraction of sp³-hybridized carbons (Fsp3) is 0.375. The number of rotatable bonds is 4. The van der Waals surface area contributed by atoms with Crippen molar-refractivity contribution < 1.29 is 17.9 Å². The first-order chi connectivity index (χ1) is 16.5. The number of ether oxygens (including phenoxy) is 1. The minimum Gasteiger partial charge on any atom is -0.438 e. The highest BCUT2D eigenvalue weighted by molar-refractivity contribution is 7.89. The highest BCUT2D eigenvalue weighted by Crippen LogP contribution is 2.42. The molecule has 2 aromatic rings. The zero-order chi connectivity index (χ0) is 25.1. The van der Waals surface area contributed by atoms with Crippen LogP contribution in [0.5, 0.6) is 0 Å². The Morgan fingerprint density at radius 3 is 2.80 bits per heavy atom. The van der Waals surface area contributed by atoms with E-state index in [0.717, 1.165) is 33.8 Å². The molecular formula is C24H25ClN4O4S2. The van der Waals surface area contributed by atoms with Crippen LogP contribution in [-0.2, 0) is 26.7 Å². The van der Waals surface area contributed by atoms with Gasteiger partial charge in [0.15, 0.2) is 5.78 Å². The Balaban J connectivity index is 1.50. The average molecular weight is 533 g/mol. The van der Waals surface area contributed by atoms with Crippen molar-refractivity contribution in [3.8, 4) is 0 Å². The number of hydrogen-bond acceptors (Lipinski definition) is 8. The van der Waals surface area contributed by atoms with Crippen LogP contribution >= 0.6 is 22.9 Å². The maximum atomic E-state index is 12.6. The molecule has 35 heavy (non-hydrogen) atoms. The van der Waals surface area contributed by atoms with E-state index in [2.05, 4.69) is 4.99 Å². The third-order valence-electron chi connectivity index (χ3n) is 6.52. The molecule has 0 bridgehead atoms. The molecule has 11 heteroatoms. The molecule has 0 amide bonds. The number of halogens is 1. The number of aliphatic imine (C=N–C) groups is 2. The van der Waals surface area contributed by atoms with Crippen molar-refractivity contribution in [1.29, 1.82) is 0 Å². The summed E-state index contributed by atoms with van der Waals surface area (Å²) < 4.78 is 32.5. The Kier molecular flexibility index (Phi) is 5.81. The number of benzene rings is 1. The predicted octanol–water partition coefficient (Wildman–Crippen LogP) is 3.93. The summed E-state index contributed by atoms with van der Waals surface area (Å²) in [5.74, 6) is 0.839. The van der Waals surface area contributed by atoms with E-state index in [1.54, 1.807) is 13.0 Å². The van der Waals surface area contributed by atoms with Crippen LogP contribution in [0.3, 0.4) is 0 Å². The lowest BCUT2D eigenvalue weighted by Crippen LogP contribution is -2.50. The third-order valence-corrected chi connectivity index (χ3v) is 10.3. The lowest BCUT2D eigenvalue weighted by molar-refractivity contribution is 0.0994. The van der Waals surface area contributed by atoms with Crippen LogP contribution in [0.15, 0.2) is 40.3 Å². The number of ketones is 1. The van der Waals surface area contributed by atoms with Crippen molar-refractivity contribution in [2.24, 2.45) is 15.7 Å². The maximum Gasteiger partial charge on any atom is 0.239 e.